The zero-order chi connectivity index (χ0) is 15.5. The fraction of sp³-hybridized carbons (Fsp3) is 0.429. The molecular weight excluding hydrogens is 260 g/mol. The maximum atomic E-state index is 11.4. The molecule has 0 amide bonds. The first-order valence-corrected chi connectivity index (χ1v) is 6.22. The summed E-state index contributed by atoms with van der Waals surface area (Å²) in [5, 5.41) is 18.3. The number of nitrogens with two attached hydrogens (primary N) is 1. The average Bonchev–Trinajstić information content (AvgIpc) is 2.35. The molecule has 0 bridgehead atoms. The molecule has 0 spiro atoms. The molecule has 0 atom stereocenters. The molecule has 0 fully saturated rings. The van der Waals surface area contributed by atoms with Crippen molar-refractivity contribution in [2.24, 2.45) is 5.73 Å². The molecule has 0 heterocycles. The number of nitrogens with zero attached hydrogens (tertiary/aromatic N) is 1. The Labute approximate surface area is 117 Å². The minimum absolute atomic E-state index is 0.382. The lowest BCUT2D eigenvalue weighted by molar-refractivity contribution is -0.142. The van der Waals surface area contributed by atoms with Crippen LogP contribution < -0.4 is 10.6 Å². The van der Waals surface area contributed by atoms with Gasteiger partial charge in [-0.2, -0.15) is 0 Å². The van der Waals surface area contributed by atoms with E-state index in [-0.39, 0.29) is 6.54 Å². The molecule has 0 radical (unpaired) electrons. The van der Waals surface area contributed by atoms with Gasteiger partial charge in [0, 0.05) is 12.2 Å². The maximum absolute atomic E-state index is 11.4. The van der Waals surface area contributed by atoms with E-state index >= 15 is 0 Å². The van der Waals surface area contributed by atoms with Crippen molar-refractivity contribution in [3.63, 3.8) is 0 Å². The zero-order valence-electron chi connectivity index (χ0n) is 11.9. The van der Waals surface area contributed by atoms with E-state index in [0.29, 0.717) is 12.2 Å². The number of aliphatic carboxylic acids is 2. The smallest absolute Gasteiger partial charge is 0.328 e. The zero-order valence-corrected chi connectivity index (χ0v) is 11.9. The van der Waals surface area contributed by atoms with Gasteiger partial charge in [0.25, 0.3) is 0 Å². The van der Waals surface area contributed by atoms with Crippen LogP contribution in [0.3, 0.4) is 0 Å². The summed E-state index contributed by atoms with van der Waals surface area (Å²) in [6.45, 7) is 4.81. The number of rotatable bonds is 6. The van der Waals surface area contributed by atoms with E-state index in [1.807, 2.05) is 6.92 Å². The van der Waals surface area contributed by atoms with Gasteiger partial charge in [0.05, 0.1) is 0 Å². The summed E-state index contributed by atoms with van der Waals surface area (Å²) < 4.78 is 0. The van der Waals surface area contributed by atoms with Gasteiger partial charge in [-0.1, -0.05) is 6.07 Å². The van der Waals surface area contributed by atoms with E-state index in [2.05, 4.69) is 0 Å². The van der Waals surface area contributed by atoms with Crippen molar-refractivity contribution in [2.75, 3.05) is 11.4 Å². The highest BCUT2D eigenvalue weighted by Gasteiger charge is 2.36. The van der Waals surface area contributed by atoms with E-state index in [4.69, 9.17) is 10.8 Å². The van der Waals surface area contributed by atoms with Gasteiger partial charge in [-0.25, -0.2) is 4.79 Å². The van der Waals surface area contributed by atoms with Gasteiger partial charge in [0.15, 0.2) is 0 Å². The highest BCUT2D eigenvalue weighted by molar-refractivity contribution is 5.86. The van der Waals surface area contributed by atoms with E-state index in [1.165, 1.54) is 18.7 Å². The molecule has 1 rings (SSSR count). The van der Waals surface area contributed by atoms with Crippen molar-refractivity contribution < 1.29 is 19.8 Å². The number of carboxylic acids is 2. The molecule has 1 aromatic rings. The average molecular weight is 280 g/mol. The number of benzene rings is 1. The van der Waals surface area contributed by atoms with Crippen molar-refractivity contribution in [3.8, 4) is 0 Å². The highest BCUT2D eigenvalue weighted by Crippen LogP contribution is 2.26. The predicted molar refractivity (Wildman–Crippen MR) is 75.8 cm³/mol. The lowest BCUT2D eigenvalue weighted by Gasteiger charge is -2.36. The van der Waals surface area contributed by atoms with Crippen molar-refractivity contribution >= 4 is 17.6 Å². The Hall–Kier alpha value is -2.08. The Morgan fingerprint density at radius 3 is 2.30 bits per heavy atom. The van der Waals surface area contributed by atoms with Crippen LogP contribution in [-0.4, -0.2) is 34.2 Å². The Bertz CT molecular complexity index is 526. The van der Waals surface area contributed by atoms with Crippen LogP contribution >= 0.6 is 0 Å². The third kappa shape index (κ3) is 3.27. The number of carboxylic acid groups (broad SMARTS) is 2. The molecular formula is C14H20N2O4. The molecule has 1 aromatic carbocycles. The molecule has 20 heavy (non-hydrogen) atoms. The number of hydrogen-bond acceptors (Lipinski definition) is 4. The number of anilines is 1. The summed E-state index contributed by atoms with van der Waals surface area (Å²) in [5.41, 5.74) is 6.66. The van der Waals surface area contributed by atoms with E-state index < -0.39 is 17.5 Å². The monoisotopic (exact) mass is 280 g/mol. The second-order valence-corrected chi connectivity index (χ2v) is 5.16. The quantitative estimate of drug-likeness (QED) is 0.723. The van der Waals surface area contributed by atoms with Gasteiger partial charge >= 0.3 is 11.9 Å². The number of carbonyl (C=O) groups is 2. The summed E-state index contributed by atoms with van der Waals surface area (Å²) in [5.74, 6) is -2.17. The van der Waals surface area contributed by atoms with Crippen LogP contribution in [0.5, 0.6) is 0 Å². The molecule has 0 saturated carbocycles. The van der Waals surface area contributed by atoms with Crippen LogP contribution in [0.1, 0.15) is 25.0 Å². The van der Waals surface area contributed by atoms with Crippen LogP contribution in [0, 0.1) is 6.92 Å². The first-order chi connectivity index (χ1) is 9.20. The van der Waals surface area contributed by atoms with Crippen LogP contribution in [0.15, 0.2) is 18.2 Å². The largest absolute Gasteiger partial charge is 0.480 e. The third-order valence-corrected chi connectivity index (χ3v) is 3.35. The molecule has 6 nitrogen and oxygen atoms in total. The van der Waals surface area contributed by atoms with Gasteiger partial charge in [0.2, 0.25) is 0 Å². The first-order valence-electron chi connectivity index (χ1n) is 6.22. The molecule has 110 valence electrons. The van der Waals surface area contributed by atoms with Crippen molar-refractivity contribution in [3.05, 3.63) is 29.3 Å². The lowest BCUT2D eigenvalue weighted by atomic mass is 10.00. The normalized spacial score (nSPS) is 11.2. The predicted octanol–water partition coefficient (Wildman–Crippen LogP) is 1.21. The molecule has 0 aliphatic rings. The topological polar surface area (TPSA) is 104 Å². The molecule has 0 aliphatic heterocycles. The molecule has 6 heteroatoms. The standard InChI is InChI=1S/C14H20N2O4/c1-9-6-11(5-4-10(9)7-15)16(8-12(17)18)14(2,3)13(19)20/h4-6H,7-8,15H2,1-3H3,(H,17,18)(H,19,20). The fourth-order valence-electron chi connectivity index (χ4n) is 1.94. The van der Waals surface area contributed by atoms with Crippen LogP contribution in [0.4, 0.5) is 5.69 Å². The first kappa shape index (κ1) is 16.0. The highest BCUT2D eigenvalue weighted by atomic mass is 16.4. The van der Waals surface area contributed by atoms with E-state index in [9.17, 15) is 14.7 Å². The van der Waals surface area contributed by atoms with E-state index in [1.54, 1.807) is 18.2 Å². The molecule has 0 aromatic heterocycles. The SMILES string of the molecule is Cc1cc(N(CC(=O)O)C(C)(C)C(=O)O)ccc1CN. The second kappa shape index (κ2) is 5.92. The van der Waals surface area contributed by atoms with Gasteiger partial charge < -0.3 is 20.8 Å². The summed E-state index contributed by atoms with van der Waals surface area (Å²) >= 11 is 0. The summed E-state index contributed by atoms with van der Waals surface area (Å²) in [7, 11) is 0. The Balaban J connectivity index is 3.27. The van der Waals surface area contributed by atoms with Crippen molar-refractivity contribution in [2.45, 2.75) is 32.9 Å². The second-order valence-electron chi connectivity index (χ2n) is 5.16. The fourth-order valence-corrected chi connectivity index (χ4v) is 1.94. The summed E-state index contributed by atoms with van der Waals surface area (Å²) in [4.78, 5) is 23.7. The Morgan fingerprint density at radius 2 is 1.90 bits per heavy atom. The van der Waals surface area contributed by atoms with Crippen LogP contribution in [0.25, 0.3) is 0 Å². The molecule has 0 unspecified atom stereocenters. The third-order valence-electron chi connectivity index (χ3n) is 3.35. The van der Waals surface area contributed by atoms with Crippen molar-refractivity contribution in [1.82, 2.24) is 0 Å². The Morgan fingerprint density at radius 1 is 1.30 bits per heavy atom. The minimum Gasteiger partial charge on any atom is -0.480 e. The van der Waals surface area contributed by atoms with Crippen LogP contribution in [0.2, 0.25) is 0 Å². The van der Waals surface area contributed by atoms with E-state index in [0.717, 1.165) is 11.1 Å². The number of hydrogen-bond donors (Lipinski definition) is 3. The maximum Gasteiger partial charge on any atom is 0.328 e. The number of aryl methyl sites for hydroxylation is 1. The van der Waals surface area contributed by atoms with Gasteiger partial charge in [-0.3, -0.25) is 4.79 Å². The Kier molecular flexibility index (Phi) is 4.73. The van der Waals surface area contributed by atoms with Crippen LogP contribution in [-0.2, 0) is 16.1 Å². The van der Waals surface area contributed by atoms with Crippen molar-refractivity contribution in [1.29, 1.82) is 0 Å². The molecule has 4 N–H and O–H groups in total. The summed E-state index contributed by atoms with van der Waals surface area (Å²) in [6.07, 6.45) is 0. The molecule has 0 aliphatic carbocycles. The lowest BCUT2D eigenvalue weighted by Crippen LogP contribution is -2.52. The molecule has 0 saturated heterocycles. The minimum atomic E-state index is -1.32. The van der Waals surface area contributed by atoms with Gasteiger partial charge in [0.1, 0.15) is 12.1 Å². The van der Waals surface area contributed by atoms with Gasteiger partial charge in [-0.05, 0) is 44.0 Å². The van der Waals surface area contributed by atoms with Gasteiger partial charge in [-0.15, -0.1) is 0 Å². The summed E-state index contributed by atoms with van der Waals surface area (Å²) in [6, 6.07) is 5.25.